The van der Waals surface area contributed by atoms with Crippen LogP contribution in [-0.4, -0.2) is 36.3 Å². The molecule has 1 aliphatic heterocycles. The summed E-state index contributed by atoms with van der Waals surface area (Å²) in [6.07, 6.45) is 0.301. The van der Waals surface area contributed by atoms with Crippen LogP contribution in [-0.2, 0) is 9.84 Å². The van der Waals surface area contributed by atoms with Gasteiger partial charge in [0.15, 0.2) is 9.84 Å². The van der Waals surface area contributed by atoms with E-state index in [0.29, 0.717) is 6.42 Å². The molecule has 1 unspecified atom stereocenters. The maximum Gasteiger partial charge on any atom is 0.270 e. The van der Waals surface area contributed by atoms with Crippen molar-refractivity contribution in [3.8, 4) is 0 Å². The molecule has 1 aromatic carbocycles. The standard InChI is InChI=1S/C12H15N3O5S/c1-12(4-5-21(19,20)7-12)14-11(16)9-6-8(15(17)18)2-3-10(9)13/h2-3,6H,4-5,7,13H2,1H3,(H,14,16). The molecular weight excluding hydrogens is 298 g/mol. The Balaban J connectivity index is 2.25. The van der Waals surface area contributed by atoms with Crippen LogP contribution in [0.3, 0.4) is 0 Å². The molecule has 1 fully saturated rings. The topological polar surface area (TPSA) is 132 Å². The first-order valence-electron chi connectivity index (χ1n) is 6.19. The molecule has 114 valence electrons. The van der Waals surface area contributed by atoms with Crippen molar-refractivity contribution < 1.29 is 18.1 Å². The zero-order valence-corrected chi connectivity index (χ0v) is 12.1. The predicted molar refractivity (Wildman–Crippen MR) is 76.7 cm³/mol. The minimum absolute atomic E-state index is 0.00813. The van der Waals surface area contributed by atoms with Crippen molar-refractivity contribution in [2.24, 2.45) is 0 Å². The number of rotatable bonds is 3. The van der Waals surface area contributed by atoms with Gasteiger partial charge in [0.1, 0.15) is 0 Å². The number of sulfone groups is 1. The Kier molecular flexibility index (Phi) is 3.62. The fourth-order valence-corrected chi connectivity index (χ4v) is 4.40. The highest BCUT2D eigenvalue weighted by Crippen LogP contribution is 2.25. The summed E-state index contributed by atoms with van der Waals surface area (Å²) in [6.45, 7) is 1.63. The Morgan fingerprint density at radius 2 is 2.14 bits per heavy atom. The summed E-state index contributed by atoms with van der Waals surface area (Å²) < 4.78 is 23.0. The molecule has 8 nitrogen and oxygen atoms in total. The van der Waals surface area contributed by atoms with Gasteiger partial charge >= 0.3 is 0 Å². The first kappa shape index (κ1) is 15.2. The summed E-state index contributed by atoms with van der Waals surface area (Å²) in [5.74, 6) is -0.759. The molecule has 21 heavy (non-hydrogen) atoms. The zero-order chi connectivity index (χ0) is 15.8. The van der Waals surface area contributed by atoms with Gasteiger partial charge in [0.25, 0.3) is 11.6 Å². The molecule has 9 heteroatoms. The van der Waals surface area contributed by atoms with E-state index in [4.69, 9.17) is 5.73 Å². The van der Waals surface area contributed by atoms with Crippen LogP contribution in [0.25, 0.3) is 0 Å². The third kappa shape index (κ3) is 3.30. The quantitative estimate of drug-likeness (QED) is 0.474. The number of hydrogen-bond acceptors (Lipinski definition) is 6. The summed E-state index contributed by atoms with van der Waals surface area (Å²) in [5, 5.41) is 13.3. The number of non-ortho nitro benzene ring substituents is 1. The van der Waals surface area contributed by atoms with Gasteiger partial charge in [-0.25, -0.2) is 8.42 Å². The Labute approximate surface area is 121 Å². The maximum atomic E-state index is 12.2. The van der Waals surface area contributed by atoms with Gasteiger partial charge < -0.3 is 11.1 Å². The molecule has 1 aromatic rings. The van der Waals surface area contributed by atoms with E-state index in [0.717, 1.165) is 6.07 Å². The number of nitro groups is 1. The molecule has 0 spiro atoms. The first-order valence-corrected chi connectivity index (χ1v) is 8.01. The zero-order valence-electron chi connectivity index (χ0n) is 11.3. The lowest BCUT2D eigenvalue weighted by Crippen LogP contribution is -2.47. The van der Waals surface area contributed by atoms with E-state index in [-0.39, 0.29) is 28.4 Å². The molecule has 1 saturated heterocycles. The van der Waals surface area contributed by atoms with Crippen molar-refractivity contribution in [3.63, 3.8) is 0 Å². The third-order valence-electron chi connectivity index (χ3n) is 3.41. The average Bonchev–Trinajstić information content (AvgIpc) is 2.63. The number of nitrogen functional groups attached to an aromatic ring is 1. The second kappa shape index (κ2) is 4.99. The molecule has 3 N–H and O–H groups in total. The Hall–Kier alpha value is -2.16. The lowest BCUT2D eigenvalue weighted by Gasteiger charge is -2.24. The minimum atomic E-state index is -3.17. The summed E-state index contributed by atoms with van der Waals surface area (Å²) in [4.78, 5) is 22.3. The van der Waals surface area contributed by atoms with Crippen molar-refractivity contribution >= 4 is 27.1 Å². The van der Waals surface area contributed by atoms with Crippen LogP contribution in [0, 0.1) is 10.1 Å². The third-order valence-corrected chi connectivity index (χ3v) is 5.31. The van der Waals surface area contributed by atoms with E-state index in [2.05, 4.69) is 5.32 Å². The van der Waals surface area contributed by atoms with Gasteiger partial charge in [-0.2, -0.15) is 0 Å². The highest BCUT2D eigenvalue weighted by Gasteiger charge is 2.39. The number of benzene rings is 1. The first-order chi connectivity index (χ1) is 9.62. The average molecular weight is 313 g/mol. The molecule has 0 bridgehead atoms. The van der Waals surface area contributed by atoms with Crippen LogP contribution < -0.4 is 11.1 Å². The van der Waals surface area contributed by atoms with Crippen LogP contribution >= 0.6 is 0 Å². The summed E-state index contributed by atoms with van der Waals surface area (Å²) in [7, 11) is -3.17. The number of amides is 1. The van der Waals surface area contributed by atoms with Crippen LogP contribution in [0.1, 0.15) is 23.7 Å². The van der Waals surface area contributed by atoms with Gasteiger partial charge in [0, 0.05) is 17.8 Å². The van der Waals surface area contributed by atoms with Crippen LogP contribution in [0.2, 0.25) is 0 Å². The fraction of sp³-hybridized carbons (Fsp3) is 0.417. The normalized spacial score (nSPS) is 23.7. The van der Waals surface area contributed by atoms with Gasteiger partial charge in [0.05, 0.1) is 27.5 Å². The number of nitrogens with one attached hydrogen (secondary N) is 1. The molecular formula is C12H15N3O5S. The minimum Gasteiger partial charge on any atom is -0.398 e. The van der Waals surface area contributed by atoms with Gasteiger partial charge in [-0.3, -0.25) is 14.9 Å². The van der Waals surface area contributed by atoms with Crippen molar-refractivity contribution in [3.05, 3.63) is 33.9 Å². The van der Waals surface area contributed by atoms with Gasteiger partial charge in [0.2, 0.25) is 0 Å². The van der Waals surface area contributed by atoms with E-state index >= 15 is 0 Å². The summed E-state index contributed by atoms with van der Waals surface area (Å²) in [5.41, 5.74) is 4.59. The van der Waals surface area contributed by atoms with Crippen LogP contribution in [0.15, 0.2) is 18.2 Å². The van der Waals surface area contributed by atoms with Gasteiger partial charge in [-0.1, -0.05) is 0 Å². The molecule has 2 rings (SSSR count). The monoisotopic (exact) mass is 313 g/mol. The molecule has 0 aromatic heterocycles. The van der Waals surface area contributed by atoms with E-state index in [1.54, 1.807) is 6.92 Å². The summed E-state index contributed by atoms with van der Waals surface area (Å²) in [6, 6.07) is 3.56. The van der Waals surface area contributed by atoms with Crippen molar-refractivity contribution in [2.75, 3.05) is 17.2 Å². The molecule has 0 radical (unpaired) electrons. The lowest BCUT2D eigenvalue weighted by atomic mass is 10.0. The van der Waals surface area contributed by atoms with E-state index in [1.807, 2.05) is 0 Å². The largest absolute Gasteiger partial charge is 0.398 e. The van der Waals surface area contributed by atoms with Crippen molar-refractivity contribution in [1.29, 1.82) is 0 Å². The second-order valence-corrected chi connectivity index (χ2v) is 7.57. The number of nitrogens with zero attached hydrogens (tertiary/aromatic N) is 1. The van der Waals surface area contributed by atoms with E-state index < -0.39 is 26.2 Å². The molecule has 1 atom stereocenters. The fourth-order valence-electron chi connectivity index (χ4n) is 2.30. The number of nitrogens with two attached hydrogens (primary N) is 1. The smallest absolute Gasteiger partial charge is 0.270 e. The highest BCUT2D eigenvalue weighted by atomic mass is 32.2. The number of hydrogen-bond donors (Lipinski definition) is 2. The van der Waals surface area contributed by atoms with Crippen LogP contribution in [0.4, 0.5) is 11.4 Å². The molecule has 0 aliphatic carbocycles. The molecule has 1 amide bonds. The number of nitro benzene ring substituents is 1. The van der Waals surface area contributed by atoms with Gasteiger partial charge in [-0.15, -0.1) is 0 Å². The Morgan fingerprint density at radius 3 is 2.67 bits per heavy atom. The Bertz CT molecular complexity index is 716. The van der Waals surface area contributed by atoms with Crippen LogP contribution in [0.5, 0.6) is 0 Å². The number of carbonyl (C=O) groups is 1. The van der Waals surface area contributed by atoms with E-state index in [1.165, 1.54) is 12.1 Å². The lowest BCUT2D eigenvalue weighted by molar-refractivity contribution is -0.384. The number of carbonyl (C=O) groups excluding carboxylic acids is 1. The second-order valence-electron chi connectivity index (χ2n) is 5.39. The molecule has 1 aliphatic rings. The summed E-state index contributed by atoms with van der Waals surface area (Å²) >= 11 is 0. The van der Waals surface area contributed by atoms with Gasteiger partial charge in [-0.05, 0) is 19.4 Å². The van der Waals surface area contributed by atoms with Crippen molar-refractivity contribution in [1.82, 2.24) is 5.32 Å². The van der Waals surface area contributed by atoms with Crippen molar-refractivity contribution in [2.45, 2.75) is 18.9 Å². The maximum absolute atomic E-state index is 12.2. The molecule has 1 heterocycles. The highest BCUT2D eigenvalue weighted by molar-refractivity contribution is 7.91. The molecule has 0 saturated carbocycles. The Morgan fingerprint density at radius 1 is 1.48 bits per heavy atom. The van der Waals surface area contributed by atoms with E-state index in [9.17, 15) is 23.3 Å². The SMILES string of the molecule is CC1(NC(=O)c2cc([N+](=O)[O-])ccc2N)CCS(=O)(=O)C1. The predicted octanol–water partition coefficient (Wildman–Crippen LogP) is 0.484. The number of anilines is 1.